The predicted molar refractivity (Wildman–Crippen MR) is 170 cm³/mol. The highest BCUT2D eigenvalue weighted by molar-refractivity contribution is 6.26. The van der Waals surface area contributed by atoms with Crippen molar-refractivity contribution in [3.8, 4) is 11.6 Å². The van der Waals surface area contributed by atoms with Crippen LogP contribution in [0.4, 0.5) is 4.39 Å². The molecule has 0 bridgehead atoms. The second-order valence-electron chi connectivity index (χ2n) is 12.6. The summed E-state index contributed by atoms with van der Waals surface area (Å²) in [7, 11) is 4.96. The molecule has 1 fully saturated rings. The topological polar surface area (TPSA) is 111 Å². The zero-order valence-electron chi connectivity index (χ0n) is 26.6. The van der Waals surface area contributed by atoms with E-state index in [1.54, 1.807) is 6.92 Å². The van der Waals surface area contributed by atoms with E-state index in [1.165, 1.54) is 13.2 Å². The standard InChI is InChI=1S/C37H35FN2O7/c1-20-15-26(38)24-16-23-17-25-30(40(2)3)33-29(36(39-47-33)46-19-22-13-9-6-10-14-22)35(43)37(25,44-4)34(42)27(23)31(41)28(24)32(20)45-18-21-11-7-5-8-12-21/h5-15,23,25,30,41H,16-19H2,1-4H3/t23-,25-,30-,37-/m0/s1. The second-order valence-corrected chi connectivity index (χ2v) is 12.6. The van der Waals surface area contributed by atoms with Gasteiger partial charge in [0.25, 0.3) is 5.88 Å². The fraction of sp³-hybridized carbons (Fsp3) is 0.324. The Morgan fingerprint density at radius 3 is 2.23 bits per heavy atom. The largest absolute Gasteiger partial charge is 0.507 e. The van der Waals surface area contributed by atoms with Crippen LogP contribution in [0.25, 0.3) is 5.76 Å². The number of aliphatic hydroxyl groups excluding tert-OH is 1. The Kier molecular flexibility index (Phi) is 7.72. The molecule has 9 nitrogen and oxygen atoms in total. The lowest BCUT2D eigenvalue weighted by Crippen LogP contribution is -2.64. The lowest BCUT2D eigenvalue weighted by Gasteiger charge is -2.51. The van der Waals surface area contributed by atoms with E-state index in [2.05, 4.69) is 5.16 Å². The van der Waals surface area contributed by atoms with Crippen molar-refractivity contribution >= 4 is 17.3 Å². The number of rotatable bonds is 8. The van der Waals surface area contributed by atoms with Gasteiger partial charge in [-0.15, -0.1) is 0 Å². The first-order valence-electron chi connectivity index (χ1n) is 15.6. The van der Waals surface area contributed by atoms with Gasteiger partial charge in [-0.3, -0.25) is 14.5 Å². The normalized spacial score (nSPS) is 23.2. The molecule has 0 unspecified atom stereocenters. The summed E-state index contributed by atoms with van der Waals surface area (Å²) in [5.41, 5.74) is 0.673. The molecule has 10 heteroatoms. The number of aryl methyl sites for hydroxylation is 1. The van der Waals surface area contributed by atoms with E-state index in [0.717, 1.165) is 11.1 Å². The van der Waals surface area contributed by atoms with Gasteiger partial charge >= 0.3 is 0 Å². The molecular formula is C37H35FN2O7. The number of carbonyl (C=O) groups is 2. The molecular weight excluding hydrogens is 603 g/mol. The van der Waals surface area contributed by atoms with Gasteiger partial charge in [0.15, 0.2) is 11.4 Å². The van der Waals surface area contributed by atoms with Gasteiger partial charge < -0.3 is 23.8 Å². The average Bonchev–Trinajstić information content (AvgIpc) is 3.48. The number of hydrogen-bond acceptors (Lipinski definition) is 9. The van der Waals surface area contributed by atoms with Crippen LogP contribution >= 0.6 is 0 Å². The van der Waals surface area contributed by atoms with Gasteiger partial charge in [-0.25, -0.2) is 4.39 Å². The van der Waals surface area contributed by atoms with E-state index in [0.29, 0.717) is 5.56 Å². The minimum absolute atomic E-state index is 0.0303. The molecule has 0 spiro atoms. The number of aromatic nitrogens is 1. The first-order valence-corrected chi connectivity index (χ1v) is 15.6. The van der Waals surface area contributed by atoms with Gasteiger partial charge in [-0.2, -0.15) is 0 Å². The fourth-order valence-corrected chi connectivity index (χ4v) is 7.62. The zero-order valence-corrected chi connectivity index (χ0v) is 26.6. The van der Waals surface area contributed by atoms with Crippen LogP contribution in [0.3, 0.4) is 0 Å². The van der Waals surface area contributed by atoms with Crippen LogP contribution < -0.4 is 9.47 Å². The van der Waals surface area contributed by atoms with Crippen molar-refractivity contribution in [3.63, 3.8) is 0 Å². The van der Waals surface area contributed by atoms with Gasteiger partial charge in [0.2, 0.25) is 11.6 Å². The molecule has 0 amide bonds. The van der Waals surface area contributed by atoms with Gasteiger partial charge in [0.05, 0.1) is 11.6 Å². The molecule has 3 aliphatic carbocycles. The molecule has 242 valence electrons. The summed E-state index contributed by atoms with van der Waals surface area (Å²) in [6.45, 7) is 1.99. The molecule has 1 aromatic heterocycles. The zero-order chi connectivity index (χ0) is 33.0. The molecule has 1 heterocycles. The Morgan fingerprint density at radius 2 is 1.62 bits per heavy atom. The van der Waals surface area contributed by atoms with Crippen LogP contribution in [-0.4, -0.2) is 53.5 Å². The van der Waals surface area contributed by atoms with Crippen LogP contribution in [-0.2, 0) is 29.2 Å². The minimum Gasteiger partial charge on any atom is -0.507 e. The number of ketones is 2. The Labute approximate surface area is 271 Å². The molecule has 3 aromatic carbocycles. The van der Waals surface area contributed by atoms with E-state index < -0.39 is 46.6 Å². The van der Waals surface area contributed by atoms with Crippen LogP contribution in [0.15, 0.2) is 76.8 Å². The van der Waals surface area contributed by atoms with Crippen LogP contribution in [0.2, 0.25) is 0 Å². The second kappa shape index (κ2) is 11.8. The third-order valence-electron chi connectivity index (χ3n) is 9.74. The number of Topliss-reactive ketones (excluding diaryl/α,β-unsaturated/α-hetero) is 2. The number of fused-ring (bicyclic) bond motifs is 4. The Balaban J connectivity index is 1.33. The number of carbonyl (C=O) groups excluding carboxylic acids is 2. The van der Waals surface area contributed by atoms with Crippen molar-refractivity contribution in [2.75, 3.05) is 21.2 Å². The molecule has 4 aromatic rings. The van der Waals surface area contributed by atoms with Crippen LogP contribution in [0.1, 0.15) is 56.4 Å². The van der Waals surface area contributed by atoms with Crippen molar-refractivity contribution in [3.05, 3.63) is 117 Å². The minimum atomic E-state index is -2.01. The van der Waals surface area contributed by atoms with E-state index in [-0.39, 0.29) is 65.7 Å². The van der Waals surface area contributed by atoms with Crippen molar-refractivity contribution in [1.82, 2.24) is 10.1 Å². The number of aliphatic hydroxyl groups is 1. The first kappa shape index (κ1) is 30.8. The molecule has 0 aliphatic heterocycles. The number of halogens is 1. The molecule has 1 N–H and O–H groups in total. The van der Waals surface area contributed by atoms with E-state index in [4.69, 9.17) is 18.7 Å². The lowest BCUT2D eigenvalue weighted by atomic mass is 9.57. The molecule has 0 saturated heterocycles. The van der Waals surface area contributed by atoms with E-state index >= 15 is 4.39 Å². The van der Waals surface area contributed by atoms with Crippen LogP contribution in [0.5, 0.6) is 11.6 Å². The number of nitrogens with zero attached hydrogens (tertiary/aromatic N) is 2. The maximum Gasteiger partial charge on any atom is 0.265 e. The smallest absolute Gasteiger partial charge is 0.265 e. The highest BCUT2D eigenvalue weighted by atomic mass is 19.1. The van der Waals surface area contributed by atoms with Gasteiger partial charge in [0.1, 0.15) is 36.1 Å². The summed E-state index contributed by atoms with van der Waals surface area (Å²) in [6, 6.07) is 19.7. The first-order chi connectivity index (χ1) is 22.7. The third-order valence-corrected chi connectivity index (χ3v) is 9.74. The summed E-state index contributed by atoms with van der Waals surface area (Å²) in [6.07, 6.45) is 0.370. The summed E-state index contributed by atoms with van der Waals surface area (Å²) in [5.74, 6) is -2.99. The maximum atomic E-state index is 15.6. The molecule has 7 rings (SSSR count). The summed E-state index contributed by atoms with van der Waals surface area (Å²) in [5, 5.41) is 16.0. The molecule has 47 heavy (non-hydrogen) atoms. The van der Waals surface area contributed by atoms with Crippen LogP contribution in [0, 0.1) is 24.6 Å². The van der Waals surface area contributed by atoms with Gasteiger partial charge in [0, 0.05) is 24.2 Å². The Hall–Kier alpha value is -4.80. The summed E-state index contributed by atoms with van der Waals surface area (Å²) in [4.78, 5) is 31.3. The van der Waals surface area contributed by atoms with Crippen molar-refractivity contribution < 1.29 is 37.8 Å². The highest BCUT2D eigenvalue weighted by Gasteiger charge is 2.66. The summed E-state index contributed by atoms with van der Waals surface area (Å²) >= 11 is 0. The fourth-order valence-electron chi connectivity index (χ4n) is 7.62. The van der Waals surface area contributed by atoms with Crippen molar-refractivity contribution in [2.24, 2.45) is 11.8 Å². The SMILES string of the molecule is CO[C@]12C(=O)C3=C(O)c4c(c(F)cc(C)c4OCc4ccccc4)C[C@H]3C[C@H]1[C@H](N(C)C)c1onc(OCc3ccccc3)c1C2=O. The molecule has 4 atom stereocenters. The number of benzene rings is 3. The van der Waals surface area contributed by atoms with Gasteiger partial charge in [-0.1, -0.05) is 60.7 Å². The lowest BCUT2D eigenvalue weighted by molar-refractivity contribution is -0.147. The Bertz CT molecular complexity index is 1900. The van der Waals surface area contributed by atoms with Crippen molar-refractivity contribution in [2.45, 2.75) is 44.6 Å². The highest BCUT2D eigenvalue weighted by Crippen LogP contribution is 2.57. The quantitative estimate of drug-likeness (QED) is 0.226. The number of hydrogen-bond donors (Lipinski definition) is 1. The number of methoxy groups -OCH3 is 1. The van der Waals surface area contributed by atoms with E-state index in [9.17, 15) is 14.7 Å². The molecule has 3 aliphatic rings. The van der Waals surface area contributed by atoms with Crippen molar-refractivity contribution in [1.29, 1.82) is 0 Å². The molecule has 1 saturated carbocycles. The van der Waals surface area contributed by atoms with Gasteiger partial charge in [-0.05, 0) is 67.7 Å². The number of ether oxygens (including phenoxy) is 3. The monoisotopic (exact) mass is 638 g/mol. The third kappa shape index (κ3) is 4.77. The molecule has 0 radical (unpaired) electrons. The van der Waals surface area contributed by atoms with E-state index in [1.807, 2.05) is 79.7 Å². The predicted octanol–water partition coefficient (Wildman–Crippen LogP) is 6.19. The average molecular weight is 639 g/mol. The summed E-state index contributed by atoms with van der Waals surface area (Å²) < 4.78 is 39.6. The Morgan fingerprint density at radius 1 is 0.979 bits per heavy atom. The maximum absolute atomic E-state index is 15.6.